The van der Waals surface area contributed by atoms with Crippen molar-refractivity contribution < 1.29 is 22.7 Å². The predicted octanol–water partition coefficient (Wildman–Crippen LogP) is 7.01. The van der Waals surface area contributed by atoms with Crippen molar-refractivity contribution in [3.63, 3.8) is 0 Å². The van der Waals surface area contributed by atoms with Crippen LogP contribution in [-0.4, -0.2) is 20.4 Å². The summed E-state index contributed by atoms with van der Waals surface area (Å²) in [6.07, 6.45) is 0.760. The summed E-state index contributed by atoms with van der Waals surface area (Å²) in [6.45, 7) is 1.74. The van der Waals surface area contributed by atoms with E-state index in [0.717, 1.165) is 23.1 Å². The predicted molar refractivity (Wildman–Crippen MR) is 135 cm³/mol. The van der Waals surface area contributed by atoms with E-state index in [-0.39, 0.29) is 11.3 Å². The highest BCUT2D eigenvalue weighted by Crippen LogP contribution is 2.35. The number of aryl methyl sites for hydroxylation is 2. The number of nitrogens with one attached hydrogen (secondary N) is 1. The van der Waals surface area contributed by atoms with Crippen LogP contribution in [0.4, 0.5) is 18.9 Å². The van der Waals surface area contributed by atoms with Gasteiger partial charge in [0.2, 0.25) is 0 Å². The lowest BCUT2D eigenvalue weighted by Crippen LogP contribution is -2.14. The van der Waals surface area contributed by atoms with Crippen LogP contribution in [0.3, 0.4) is 0 Å². The van der Waals surface area contributed by atoms with Gasteiger partial charge in [0.25, 0.3) is 5.91 Å². The summed E-state index contributed by atoms with van der Waals surface area (Å²) < 4.78 is 47.3. The number of rotatable bonds is 5. The summed E-state index contributed by atoms with van der Waals surface area (Å²) in [4.78, 5) is 21.9. The topological polar surface area (TPSA) is 69.0 Å². The van der Waals surface area contributed by atoms with Crippen LogP contribution in [0.15, 0.2) is 85.3 Å². The number of hydrogen-bond donors (Lipinski definition) is 1. The van der Waals surface area contributed by atoms with E-state index >= 15 is 0 Å². The molecule has 0 aliphatic carbocycles. The highest BCUT2D eigenvalue weighted by atomic mass is 19.4. The number of pyridine rings is 2. The molecule has 0 saturated carbocycles. The van der Waals surface area contributed by atoms with E-state index in [4.69, 9.17) is 9.72 Å². The first-order valence-electron chi connectivity index (χ1n) is 11.3. The van der Waals surface area contributed by atoms with Gasteiger partial charge in [0, 0.05) is 48.5 Å². The first-order valence-corrected chi connectivity index (χ1v) is 11.3. The number of nitrogens with zero attached hydrogens (tertiary/aromatic N) is 3. The quantitative estimate of drug-likeness (QED) is 0.281. The molecule has 186 valence electrons. The summed E-state index contributed by atoms with van der Waals surface area (Å²) in [6, 6.07) is 16.9. The Morgan fingerprint density at radius 3 is 2.62 bits per heavy atom. The smallest absolute Gasteiger partial charge is 0.416 e. The van der Waals surface area contributed by atoms with E-state index in [0.29, 0.717) is 28.4 Å². The van der Waals surface area contributed by atoms with Gasteiger partial charge in [-0.1, -0.05) is 12.1 Å². The molecule has 0 bridgehead atoms. The zero-order chi connectivity index (χ0) is 26.2. The third kappa shape index (κ3) is 5.02. The molecule has 2 aromatic carbocycles. The molecule has 0 atom stereocenters. The van der Waals surface area contributed by atoms with Crippen LogP contribution in [0.1, 0.15) is 21.5 Å². The van der Waals surface area contributed by atoms with E-state index in [2.05, 4.69) is 10.3 Å². The molecular weight excluding hydrogens is 481 g/mol. The molecule has 3 aromatic heterocycles. The average Bonchev–Trinajstić information content (AvgIpc) is 3.26. The Bertz CT molecular complexity index is 1610. The lowest BCUT2D eigenvalue weighted by molar-refractivity contribution is -0.137. The van der Waals surface area contributed by atoms with E-state index in [1.807, 2.05) is 42.1 Å². The first kappa shape index (κ1) is 24.1. The molecule has 1 amide bonds. The Hall–Kier alpha value is -4.66. The molecule has 9 heteroatoms. The van der Waals surface area contributed by atoms with E-state index in [1.165, 1.54) is 12.1 Å². The SMILES string of the molecule is Cc1ccc(Oc2cc(-c3cccnc3)nc3c2ccn3C)cc1C(=O)Nc1cccc(C(F)(F)F)c1. The lowest BCUT2D eigenvalue weighted by Gasteiger charge is -2.13. The highest BCUT2D eigenvalue weighted by molar-refractivity contribution is 6.05. The van der Waals surface area contributed by atoms with E-state index in [1.54, 1.807) is 37.5 Å². The van der Waals surface area contributed by atoms with Gasteiger partial charge in [-0.2, -0.15) is 13.2 Å². The summed E-state index contributed by atoms with van der Waals surface area (Å²) in [5.41, 5.74) is 2.34. The summed E-state index contributed by atoms with van der Waals surface area (Å²) >= 11 is 0. The Morgan fingerprint density at radius 1 is 1.03 bits per heavy atom. The molecule has 6 nitrogen and oxygen atoms in total. The van der Waals surface area contributed by atoms with Crippen LogP contribution < -0.4 is 10.1 Å². The maximum absolute atomic E-state index is 13.1. The van der Waals surface area contributed by atoms with E-state index in [9.17, 15) is 18.0 Å². The molecule has 0 spiro atoms. The Labute approximate surface area is 210 Å². The van der Waals surface area contributed by atoms with Crippen LogP contribution in [0, 0.1) is 6.92 Å². The largest absolute Gasteiger partial charge is 0.456 e. The number of carbonyl (C=O) groups excluding carboxylic acids is 1. The first-order chi connectivity index (χ1) is 17.7. The number of halogens is 3. The van der Waals surface area contributed by atoms with Crippen molar-refractivity contribution in [2.45, 2.75) is 13.1 Å². The zero-order valence-corrected chi connectivity index (χ0v) is 19.9. The van der Waals surface area contributed by atoms with Crippen LogP contribution in [0.2, 0.25) is 0 Å². The molecule has 0 fully saturated rings. The van der Waals surface area contributed by atoms with Gasteiger partial charge < -0.3 is 14.6 Å². The number of alkyl halides is 3. The number of aromatic nitrogens is 3. The van der Waals surface area contributed by atoms with Crippen molar-refractivity contribution in [1.29, 1.82) is 0 Å². The van der Waals surface area contributed by atoms with Crippen LogP contribution in [0.25, 0.3) is 22.3 Å². The minimum absolute atomic E-state index is 0.0480. The van der Waals surface area contributed by atoms with Crippen LogP contribution in [-0.2, 0) is 13.2 Å². The number of hydrogen-bond acceptors (Lipinski definition) is 4. The van der Waals surface area contributed by atoms with Crippen molar-refractivity contribution >= 4 is 22.6 Å². The maximum Gasteiger partial charge on any atom is 0.416 e. The number of anilines is 1. The lowest BCUT2D eigenvalue weighted by atomic mass is 10.1. The number of amides is 1. The second-order valence-corrected chi connectivity index (χ2v) is 8.52. The molecule has 3 heterocycles. The highest BCUT2D eigenvalue weighted by Gasteiger charge is 2.30. The number of benzene rings is 2. The third-order valence-corrected chi connectivity index (χ3v) is 5.89. The molecule has 5 aromatic rings. The number of ether oxygens (including phenoxy) is 1. The molecule has 0 saturated heterocycles. The second-order valence-electron chi connectivity index (χ2n) is 8.52. The van der Waals surface area contributed by atoms with Crippen LogP contribution in [0.5, 0.6) is 11.5 Å². The molecule has 37 heavy (non-hydrogen) atoms. The van der Waals surface area contributed by atoms with Gasteiger partial charge in [0.05, 0.1) is 16.6 Å². The van der Waals surface area contributed by atoms with E-state index < -0.39 is 17.6 Å². The normalized spacial score (nSPS) is 11.5. The van der Waals surface area contributed by atoms with Gasteiger partial charge in [0.1, 0.15) is 17.1 Å². The summed E-state index contributed by atoms with van der Waals surface area (Å²) in [5.74, 6) is 0.392. The maximum atomic E-state index is 13.1. The average molecular weight is 502 g/mol. The molecule has 0 radical (unpaired) electrons. The van der Waals surface area contributed by atoms with Gasteiger partial charge in [-0.25, -0.2) is 4.98 Å². The van der Waals surface area contributed by atoms with Gasteiger partial charge in [-0.05, 0) is 61.0 Å². The van der Waals surface area contributed by atoms with Gasteiger partial charge >= 0.3 is 6.18 Å². The van der Waals surface area contributed by atoms with Crippen molar-refractivity contribution in [3.8, 4) is 22.8 Å². The van der Waals surface area contributed by atoms with Gasteiger partial charge in [-0.15, -0.1) is 0 Å². The minimum Gasteiger partial charge on any atom is -0.456 e. The Morgan fingerprint density at radius 2 is 1.86 bits per heavy atom. The fourth-order valence-electron chi connectivity index (χ4n) is 3.96. The number of carbonyl (C=O) groups is 1. The molecular formula is C28H21F3N4O2. The molecule has 0 aliphatic rings. The Kier molecular flexibility index (Phi) is 6.12. The minimum atomic E-state index is -4.51. The Balaban J connectivity index is 1.47. The standard InChI is InChI=1S/C28H21F3N4O2/c1-17-8-9-21(14-23(17)27(36)33-20-7-3-6-19(13-20)28(29,30)31)37-25-15-24(18-5-4-11-32-16-18)34-26-22(25)10-12-35(26)2/h3-16H,1-2H3,(H,33,36). The van der Waals surface area contributed by atoms with Crippen molar-refractivity contribution in [1.82, 2.24) is 14.5 Å². The fourth-order valence-corrected chi connectivity index (χ4v) is 3.96. The summed E-state index contributed by atoms with van der Waals surface area (Å²) in [5, 5.41) is 3.33. The molecule has 5 rings (SSSR count). The molecule has 1 N–H and O–H groups in total. The van der Waals surface area contributed by atoms with Gasteiger partial charge in [-0.3, -0.25) is 9.78 Å². The van der Waals surface area contributed by atoms with Crippen LogP contribution >= 0.6 is 0 Å². The number of fused-ring (bicyclic) bond motifs is 1. The fraction of sp³-hybridized carbons (Fsp3) is 0.107. The monoisotopic (exact) mass is 502 g/mol. The van der Waals surface area contributed by atoms with Crippen molar-refractivity contribution in [2.24, 2.45) is 7.05 Å². The van der Waals surface area contributed by atoms with Crippen molar-refractivity contribution in [3.05, 3.63) is 102 Å². The summed E-state index contributed by atoms with van der Waals surface area (Å²) in [7, 11) is 1.88. The van der Waals surface area contributed by atoms with Gasteiger partial charge in [0.15, 0.2) is 0 Å². The van der Waals surface area contributed by atoms with Crippen molar-refractivity contribution in [2.75, 3.05) is 5.32 Å². The molecule has 0 unspecified atom stereocenters. The third-order valence-electron chi connectivity index (χ3n) is 5.89. The molecule has 0 aliphatic heterocycles. The zero-order valence-electron chi connectivity index (χ0n) is 19.9. The second kappa shape index (κ2) is 9.42.